The van der Waals surface area contributed by atoms with E-state index >= 15 is 0 Å². The van der Waals surface area contributed by atoms with Crippen molar-refractivity contribution in [1.82, 2.24) is 0 Å². The van der Waals surface area contributed by atoms with Crippen molar-refractivity contribution in [2.45, 2.75) is 112 Å². The van der Waals surface area contributed by atoms with Crippen molar-refractivity contribution in [2.24, 2.45) is 46.3 Å². The highest BCUT2D eigenvalue weighted by molar-refractivity contribution is 7.80. The molecule has 0 aromatic carbocycles. The van der Waals surface area contributed by atoms with Gasteiger partial charge in [0.2, 0.25) is 0 Å². The van der Waals surface area contributed by atoms with Crippen LogP contribution in [0.5, 0.6) is 0 Å². The predicted octanol–water partition coefficient (Wildman–Crippen LogP) is 7.62. The topological polar surface area (TPSA) is 20.2 Å². The molecule has 1 N–H and O–H groups in total. The quantitative estimate of drug-likeness (QED) is 0.448. The van der Waals surface area contributed by atoms with Crippen LogP contribution in [0.4, 0.5) is 0 Å². The van der Waals surface area contributed by atoms with Gasteiger partial charge >= 0.3 is 0 Å². The summed E-state index contributed by atoms with van der Waals surface area (Å²) in [5.74, 6) is 6.40. The van der Waals surface area contributed by atoms with E-state index < -0.39 is 0 Å². The first-order valence-corrected chi connectivity index (χ1v) is 13.3. The summed E-state index contributed by atoms with van der Waals surface area (Å²) in [5, 5.41) is 10.2. The Morgan fingerprint density at radius 1 is 0.857 bits per heavy atom. The Balaban J connectivity index is 0.000000660. The molecule has 0 bridgehead atoms. The molecular weight excluding hydrogens is 360 g/mol. The second kappa shape index (κ2) is 10.1. The average molecular weight is 411 g/mol. The highest BCUT2D eigenvalue weighted by Crippen LogP contribution is 2.68. The molecule has 0 aromatic heterocycles. The lowest BCUT2D eigenvalue weighted by atomic mass is 9.44. The Morgan fingerprint density at radius 2 is 1.46 bits per heavy atom. The van der Waals surface area contributed by atoms with E-state index in [4.69, 9.17) is 0 Å². The molecule has 4 rings (SSSR count). The number of thiol groups is 1. The first kappa shape index (κ1) is 24.6. The van der Waals surface area contributed by atoms with Gasteiger partial charge in [0.15, 0.2) is 0 Å². The van der Waals surface area contributed by atoms with Crippen LogP contribution in [-0.2, 0) is 0 Å². The highest BCUT2D eigenvalue weighted by atomic mass is 32.1. The van der Waals surface area contributed by atoms with Crippen molar-refractivity contribution in [3.63, 3.8) is 0 Å². The third-order valence-electron chi connectivity index (χ3n) is 9.69. The Labute approximate surface area is 182 Å². The molecule has 4 aliphatic carbocycles. The van der Waals surface area contributed by atoms with Gasteiger partial charge in [-0.15, -0.1) is 0 Å². The summed E-state index contributed by atoms with van der Waals surface area (Å²) in [6.07, 6.45) is 12.1. The standard InChI is InChI=1S/C22H38OS.2C2H6/c1-14(13-24)18-6-7-19-17-5-4-15-12-16(23)8-10-21(15,2)20(17)9-11-22(18,19)3;2*1-2/h14-20,23-24H,4-13H2,1-3H3;2*1-2H3/t14-,15?,16?,17?,18?,19?,20?,21?,22?;;/m1../s1. The zero-order valence-corrected chi connectivity index (χ0v) is 20.9. The summed E-state index contributed by atoms with van der Waals surface area (Å²) in [4.78, 5) is 0. The van der Waals surface area contributed by atoms with Crippen LogP contribution >= 0.6 is 12.6 Å². The molecule has 0 radical (unpaired) electrons. The Bertz CT molecular complexity index is 479. The summed E-state index contributed by atoms with van der Waals surface area (Å²) in [6, 6.07) is 0. The summed E-state index contributed by atoms with van der Waals surface area (Å²) >= 11 is 4.64. The number of aliphatic hydroxyl groups excluding tert-OH is 1. The summed E-state index contributed by atoms with van der Waals surface area (Å²) in [5.41, 5.74) is 1.11. The van der Waals surface area contributed by atoms with Gasteiger partial charge in [0, 0.05) is 0 Å². The summed E-state index contributed by atoms with van der Waals surface area (Å²) in [6.45, 7) is 15.7. The van der Waals surface area contributed by atoms with Crippen molar-refractivity contribution in [3.05, 3.63) is 0 Å². The predicted molar refractivity (Wildman–Crippen MR) is 127 cm³/mol. The van der Waals surface area contributed by atoms with Crippen LogP contribution in [0.3, 0.4) is 0 Å². The summed E-state index contributed by atoms with van der Waals surface area (Å²) < 4.78 is 0. The number of fused-ring (bicyclic) bond motifs is 5. The van der Waals surface area contributed by atoms with Gasteiger partial charge in [-0.25, -0.2) is 0 Å². The van der Waals surface area contributed by atoms with E-state index in [9.17, 15) is 5.11 Å². The zero-order chi connectivity index (χ0) is 21.1. The lowest BCUT2D eigenvalue weighted by Crippen LogP contribution is -2.54. The Morgan fingerprint density at radius 3 is 2.11 bits per heavy atom. The van der Waals surface area contributed by atoms with Crippen LogP contribution in [0.2, 0.25) is 0 Å². The third-order valence-corrected chi connectivity index (χ3v) is 10.3. The van der Waals surface area contributed by atoms with E-state index in [2.05, 4.69) is 33.4 Å². The zero-order valence-electron chi connectivity index (χ0n) is 20.0. The second-order valence-corrected chi connectivity index (χ2v) is 10.8. The number of hydrogen-bond acceptors (Lipinski definition) is 2. The fourth-order valence-electron chi connectivity index (χ4n) is 8.34. The lowest BCUT2D eigenvalue weighted by molar-refractivity contribution is -0.128. The van der Waals surface area contributed by atoms with Crippen molar-refractivity contribution in [2.75, 3.05) is 5.75 Å². The monoisotopic (exact) mass is 410 g/mol. The molecular formula is C26H50OS. The first-order valence-electron chi connectivity index (χ1n) is 12.7. The van der Waals surface area contributed by atoms with E-state index in [-0.39, 0.29) is 6.10 Å². The lowest BCUT2D eigenvalue weighted by Gasteiger charge is -2.61. The molecule has 1 nitrogen and oxygen atoms in total. The van der Waals surface area contributed by atoms with Gasteiger partial charge in [-0.05, 0) is 110 Å². The molecule has 9 atom stereocenters. The minimum Gasteiger partial charge on any atom is -0.393 e. The van der Waals surface area contributed by atoms with Crippen molar-refractivity contribution in [3.8, 4) is 0 Å². The SMILES string of the molecule is CC.CC.C[C@H](CS)C1CCC2C3CCC4CC(O)CCC4(C)C3CCC21C. The van der Waals surface area contributed by atoms with Crippen molar-refractivity contribution in [1.29, 1.82) is 0 Å². The number of rotatable bonds is 2. The fraction of sp³-hybridized carbons (Fsp3) is 1.00. The smallest absolute Gasteiger partial charge is 0.0543 e. The minimum atomic E-state index is -0.0134. The largest absolute Gasteiger partial charge is 0.393 e. The van der Waals surface area contributed by atoms with Crippen LogP contribution in [0.1, 0.15) is 106 Å². The molecule has 0 aliphatic heterocycles. The van der Waals surface area contributed by atoms with Gasteiger partial charge in [-0.2, -0.15) is 12.6 Å². The van der Waals surface area contributed by atoms with Crippen LogP contribution in [0, 0.1) is 46.3 Å². The molecule has 0 heterocycles. The first-order chi connectivity index (χ1) is 13.4. The van der Waals surface area contributed by atoms with Crippen LogP contribution in [0.15, 0.2) is 0 Å². The van der Waals surface area contributed by atoms with Crippen molar-refractivity contribution < 1.29 is 5.11 Å². The van der Waals surface area contributed by atoms with Crippen LogP contribution in [0.25, 0.3) is 0 Å². The van der Waals surface area contributed by atoms with E-state index in [1.807, 2.05) is 27.7 Å². The Hall–Kier alpha value is 0.310. The molecule has 4 fully saturated rings. The van der Waals surface area contributed by atoms with Crippen LogP contribution in [-0.4, -0.2) is 17.0 Å². The molecule has 0 aromatic rings. The van der Waals surface area contributed by atoms with Gasteiger partial charge in [0.05, 0.1) is 6.10 Å². The molecule has 28 heavy (non-hydrogen) atoms. The molecule has 4 aliphatic rings. The highest BCUT2D eigenvalue weighted by Gasteiger charge is 2.60. The fourth-order valence-corrected chi connectivity index (χ4v) is 8.59. The van der Waals surface area contributed by atoms with Gasteiger partial charge in [0.1, 0.15) is 0 Å². The Kier molecular flexibility index (Phi) is 8.85. The van der Waals surface area contributed by atoms with E-state index in [0.717, 1.165) is 54.1 Å². The third kappa shape index (κ3) is 4.08. The van der Waals surface area contributed by atoms with Crippen molar-refractivity contribution >= 4 is 12.6 Å². The van der Waals surface area contributed by atoms with Gasteiger partial charge in [-0.1, -0.05) is 48.5 Å². The van der Waals surface area contributed by atoms with E-state index in [1.165, 1.54) is 44.9 Å². The second-order valence-electron chi connectivity index (χ2n) is 10.5. The molecule has 0 amide bonds. The average Bonchev–Trinajstić information content (AvgIpc) is 3.08. The van der Waals surface area contributed by atoms with Gasteiger partial charge in [0.25, 0.3) is 0 Å². The van der Waals surface area contributed by atoms with E-state index in [1.54, 1.807) is 0 Å². The molecule has 8 unspecified atom stereocenters. The molecule has 166 valence electrons. The maximum atomic E-state index is 10.2. The molecule has 4 saturated carbocycles. The van der Waals surface area contributed by atoms with Gasteiger partial charge < -0.3 is 5.11 Å². The number of hydrogen-bond donors (Lipinski definition) is 2. The van der Waals surface area contributed by atoms with E-state index in [0.29, 0.717) is 10.8 Å². The number of aliphatic hydroxyl groups is 1. The van der Waals surface area contributed by atoms with Gasteiger partial charge in [-0.3, -0.25) is 0 Å². The molecule has 0 saturated heterocycles. The normalized spacial score (nSPS) is 47.9. The molecule has 2 heteroatoms. The van der Waals surface area contributed by atoms with Crippen LogP contribution < -0.4 is 0 Å². The maximum absolute atomic E-state index is 10.2. The summed E-state index contributed by atoms with van der Waals surface area (Å²) in [7, 11) is 0. The minimum absolute atomic E-state index is 0.0134. The molecule has 0 spiro atoms. The maximum Gasteiger partial charge on any atom is 0.0543 e.